The molecule has 82 valence electrons. The Morgan fingerprint density at radius 2 is 2.19 bits per heavy atom. The van der Waals surface area contributed by atoms with Gasteiger partial charge in [-0.1, -0.05) is 0 Å². The molecular formula is C11H10N2O3. The predicted octanol–water partition coefficient (Wildman–Crippen LogP) is 0.842. The Hall–Kier alpha value is -2.17. The summed E-state index contributed by atoms with van der Waals surface area (Å²) in [5.41, 5.74) is -0.144. The Morgan fingerprint density at radius 3 is 2.81 bits per heavy atom. The Bertz CT molecular complexity index is 643. The topological polar surface area (TPSA) is 72.2 Å². The van der Waals surface area contributed by atoms with Gasteiger partial charge in [0.05, 0.1) is 10.9 Å². The van der Waals surface area contributed by atoms with E-state index in [1.54, 1.807) is 13.1 Å². The van der Waals surface area contributed by atoms with Crippen molar-refractivity contribution in [1.82, 2.24) is 9.55 Å². The summed E-state index contributed by atoms with van der Waals surface area (Å²) in [6, 6.07) is 1.61. The number of ketones is 1. The highest BCUT2D eigenvalue weighted by Gasteiger charge is 2.17. The van der Waals surface area contributed by atoms with Gasteiger partial charge in [-0.05, 0) is 13.0 Å². The summed E-state index contributed by atoms with van der Waals surface area (Å²) in [6.07, 6.45) is 2.95. The maximum absolute atomic E-state index is 11.8. The van der Waals surface area contributed by atoms with Gasteiger partial charge in [0, 0.05) is 19.4 Å². The molecule has 0 bridgehead atoms. The van der Waals surface area contributed by atoms with Gasteiger partial charge in [0.2, 0.25) is 0 Å². The smallest absolute Gasteiger partial charge is 0.265 e. The molecule has 0 spiro atoms. The van der Waals surface area contributed by atoms with Gasteiger partial charge in [-0.15, -0.1) is 0 Å². The molecule has 0 aromatic carbocycles. The molecule has 0 saturated heterocycles. The lowest BCUT2D eigenvalue weighted by atomic mass is 10.1. The van der Waals surface area contributed by atoms with E-state index in [1.165, 1.54) is 23.9 Å². The summed E-state index contributed by atoms with van der Waals surface area (Å²) in [7, 11) is 1.55. The molecule has 0 radical (unpaired) electrons. The van der Waals surface area contributed by atoms with Crippen LogP contribution in [0.5, 0.6) is 5.75 Å². The van der Waals surface area contributed by atoms with Crippen molar-refractivity contribution in [3.05, 3.63) is 34.4 Å². The van der Waals surface area contributed by atoms with Crippen molar-refractivity contribution in [1.29, 1.82) is 0 Å². The number of Topliss-reactive ketones (excluding diaryl/α,β-unsaturated/α-hetero) is 1. The van der Waals surface area contributed by atoms with Crippen molar-refractivity contribution in [2.75, 3.05) is 0 Å². The Morgan fingerprint density at radius 1 is 1.50 bits per heavy atom. The second kappa shape index (κ2) is 3.44. The fourth-order valence-corrected chi connectivity index (χ4v) is 1.69. The molecule has 0 aliphatic carbocycles. The fourth-order valence-electron chi connectivity index (χ4n) is 1.69. The molecular weight excluding hydrogens is 208 g/mol. The normalized spacial score (nSPS) is 10.6. The number of aromatic hydroxyl groups is 1. The molecule has 0 fully saturated rings. The van der Waals surface area contributed by atoms with Crippen molar-refractivity contribution < 1.29 is 9.90 Å². The van der Waals surface area contributed by atoms with Gasteiger partial charge in [0.1, 0.15) is 11.3 Å². The fraction of sp³-hybridized carbons (Fsp3) is 0.182. The number of nitrogens with zero attached hydrogens (tertiary/aromatic N) is 2. The molecule has 0 aliphatic rings. The highest BCUT2D eigenvalue weighted by atomic mass is 16.3. The van der Waals surface area contributed by atoms with E-state index in [1.807, 2.05) is 0 Å². The molecule has 2 rings (SSSR count). The minimum absolute atomic E-state index is 0.192. The Labute approximate surface area is 91.0 Å². The molecule has 1 N–H and O–H groups in total. The maximum Gasteiger partial charge on any atom is 0.265 e. The van der Waals surface area contributed by atoms with E-state index in [2.05, 4.69) is 4.98 Å². The zero-order chi connectivity index (χ0) is 11.9. The number of pyridine rings is 2. The highest BCUT2D eigenvalue weighted by molar-refractivity contribution is 6.01. The maximum atomic E-state index is 11.8. The summed E-state index contributed by atoms with van der Waals surface area (Å²) in [6.45, 7) is 1.25. The molecule has 16 heavy (non-hydrogen) atoms. The molecule has 5 heteroatoms. The molecule has 0 amide bonds. The third-order valence-electron chi connectivity index (χ3n) is 2.52. The molecule has 2 aromatic heterocycles. The molecule has 0 atom stereocenters. The van der Waals surface area contributed by atoms with Gasteiger partial charge in [-0.3, -0.25) is 14.6 Å². The van der Waals surface area contributed by atoms with Crippen LogP contribution in [0.1, 0.15) is 17.3 Å². The molecule has 2 heterocycles. The van der Waals surface area contributed by atoms with E-state index in [-0.39, 0.29) is 11.3 Å². The van der Waals surface area contributed by atoms with E-state index >= 15 is 0 Å². The zero-order valence-electron chi connectivity index (χ0n) is 8.89. The lowest BCUT2D eigenvalue weighted by Gasteiger charge is -2.08. The van der Waals surface area contributed by atoms with Crippen LogP contribution in [0.2, 0.25) is 0 Å². The standard InChI is InChI=1S/C11H10N2O3/c1-6(14)9-10(15)7-5-12-4-3-8(7)13(2)11(9)16/h3-5,15H,1-2H3. The average Bonchev–Trinajstić information content (AvgIpc) is 2.26. The lowest BCUT2D eigenvalue weighted by Crippen LogP contribution is -2.23. The largest absolute Gasteiger partial charge is 0.506 e. The average molecular weight is 218 g/mol. The SMILES string of the molecule is CC(=O)c1c(O)c2cnccc2n(C)c1=O. The van der Waals surface area contributed by atoms with Crippen molar-refractivity contribution in [2.24, 2.45) is 7.05 Å². The van der Waals surface area contributed by atoms with E-state index in [4.69, 9.17) is 0 Å². The van der Waals surface area contributed by atoms with Crippen LogP contribution in [0.4, 0.5) is 0 Å². The molecule has 0 saturated carbocycles. The first-order chi connectivity index (χ1) is 7.54. The van der Waals surface area contributed by atoms with Crippen LogP contribution in [0.25, 0.3) is 10.9 Å². The number of aromatic nitrogens is 2. The summed E-state index contributed by atoms with van der Waals surface area (Å²) < 4.78 is 1.33. The molecule has 5 nitrogen and oxygen atoms in total. The summed E-state index contributed by atoms with van der Waals surface area (Å²) in [5, 5.41) is 10.2. The van der Waals surface area contributed by atoms with Gasteiger partial charge in [0.25, 0.3) is 5.56 Å². The van der Waals surface area contributed by atoms with Gasteiger partial charge < -0.3 is 9.67 Å². The first kappa shape index (κ1) is 10.4. The van der Waals surface area contributed by atoms with Gasteiger partial charge in [-0.2, -0.15) is 0 Å². The van der Waals surface area contributed by atoms with Crippen LogP contribution < -0.4 is 5.56 Å². The number of fused-ring (bicyclic) bond motifs is 1. The Kier molecular flexibility index (Phi) is 2.23. The Balaban J connectivity index is 3.07. The van der Waals surface area contributed by atoms with Crippen LogP contribution >= 0.6 is 0 Å². The van der Waals surface area contributed by atoms with Gasteiger partial charge in [-0.25, -0.2) is 0 Å². The number of carbonyl (C=O) groups excluding carboxylic acids is 1. The zero-order valence-corrected chi connectivity index (χ0v) is 8.89. The third kappa shape index (κ3) is 1.29. The highest BCUT2D eigenvalue weighted by Crippen LogP contribution is 2.24. The van der Waals surface area contributed by atoms with E-state index in [0.717, 1.165) is 0 Å². The minimum atomic E-state index is -0.497. The molecule has 2 aromatic rings. The number of aryl methyl sites for hydroxylation is 1. The predicted molar refractivity (Wildman–Crippen MR) is 58.7 cm³/mol. The van der Waals surface area contributed by atoms with Crippen LogP contribution in [0.3, 0.4) is 0 Å². The van der Waals surface area contributed by atoms with Crippen LogP contribution in [0, 0.1) is 0 Å². The number of carbonyl (C=O) groups is 1. The van der Waals surface area contributed by atoms with E-state index in [0.29, 0.717) is 10.9 Å². The number of rotatable bonds is 1. The lowest BCUT2D eigenvalue weighted by molar-refractivity contribution is 0.101. The first-order valence-electron chi connectivity index (χ1n) is 4.70. The number of hydrogen-bond donors (Lipinski definition) is 1. The molecule has 0 aliphatic heterocycles. The number of hydrogen-bond acceptors (Lipinski definition) is 4. The van der Waals surface area contributed by atoms with E-state index in [9.17, 15) is 14.7 Å². The van der Waals surface area contributed by atoms with Crippen molar-refractivity contribution in [2.45, 2.75) is 6.92 Å². The summed E-state index contributed by atoms with van der Waals surface area (Å²) in [5.74, 6) is -0.748. The first-order valence-corrected chi connectivity index (χ1v) is 4.70. The summed E-state index contributed by atoms with van der Waals surface area (Å²) in [4.78, 5) is 27.0. The van der Waals surface area contributed by atoms with Crippen LogP contribution in [-0.2, 0) is 7.05 Å². The van der Waals surface area contributed by atoms with Crippen molar-refractivity contribution >= 4 is 16.7 Å². The van der Waals surface area contributed by atoms with E-state index < -0.39 is 11.3 Å². The quantitative estimate of drug-likeness (QED) is 0.720. The van der Waals surface area contributed by atoms with Gasteiger partial charge >= 0.3 is 0 Å². The second-order valence-corrected chi connectivity index (χ2v) is 3.54. The third-order valence-corrected chi connectivity index (χ3v) is 2.52. The second-order valence-electron chi connectivity index (χ2n) is 3.54. The van der Waals surface area contributed by atoms with Crippen LogP contribution in [-0.4, -0.2) is 20.4 Å². The van der Waals surface area contributed by atoms with Crippen LogP contribution in [0.15, 0.2) is 23.3 Å². The van der Waals surface area contributed by atoms with Crippen molar-refractivity contribution in [3.63, 3.8) is 0 Å². The minimum Gasteiger partial charge on any atom is -0.506 e. The summed E-state index contributed by atoms with van der Waals surface area (Å²) >= 11 is 0. The van der Waals surface area contributed by atoms with Crippen molar-refractivity contribution in [3.8, 4) is 5.75 Å². The van der Waals surface area contributed by atoms with Gasteiger partial charge in [0.15, 0.2) is 5.78 Å². The molecule has 0 unspecified atom stereocenters. The monoisotopic (exact) mass is 218 g/mol.